The Morgan fingerprint density at radius 2 is 1.44 bits per heavy atom. The Morgan fingerprint density at radius 1 is 0.706 bits per heavy atom. The molecule has 6 rings (SSSR count). The van der Waals surface area contributed by atoms with Crippen LogP contribution in [0, 0.1) is 29.1 Å². The van der Waals surface area contributed by atoms with Gasteiger partial charge >= 0.3 is 0 Å². The molecule has 3 heteroatoms. The standard InChI is InChI=1S/C31H49N3/c1-2-27-21-28(25-5-3-23(4-6-25)20-24-9-16-32-17-10-24)22-29(30(27)34-15-1)26-7-11-31(12-8-26)13-18-33-19-14-31/h3-6,24,26-30,32-34H,1-2,7-22H2. The highest BCUT2D eigenvalue weighted by molar-refractivity contribution is 5.27. The van der Waals surface area contributed by atoms with Gasteiger partial charge in [-0.1, -0.05) is 24.3 Å². The molecule has 3 aliphatic heterocycles. The number of hydrogen-bond acceptors (Lipinski definition) is 3. The molecular formula is C31H49N3. The molecule has 34 heavy (non-hydrogen) atoms. The zero-order valence-corrected chi connectivity index (χ0v) is 21.5. The summed E-state index contributed by atoms with van der Waals surface area (Å²) < 4.78 is 0. The minimum atomic E-state index is 0.694. The monoisotopic (exact) mass is 463 g/mol. The van der Waals surface area contributed by atoms with Crippen molar-refractivity contribution in [3.63, 3.8) is 0 Å². The van der Waals surface area contributed by atoms with Crippen LogP contribution in [0.25, 0.3) is 0 Å². The number of benzene rings is 1. The predicted molar refractivity (Wildman–Crippen MR) is 142 cm³/mol. The highest BCUT2D eigenvalue weighted by atomic mass is 14.9. The first-order valence-electron chi connectivity index (χ1n) is 15.0. The van der Waals surface area contributed by atoms with Gasteiger partial charge in [-0.05, 0) is 162 Å². The van der Waals surface area contributed by atoms with Gasteiger partial charge in [0.1, 0.15) is 0 Å². The lowest BCUT2D eigenvalue weighted by Gasteiger charge is -2.51. The molecule has 1 aromatic rings. The van der Waals surface area contributed by atoms with Crippen molar-refractivity contribution >= 4 is 0 Å². The van der Waals surface area contributed by atoms with Crippen LogP contribution in [0.4, 0.5) is 0 Å². The van der Waals surface area contributed by atoms with Crippen molar-refractivity contribution in [3.05, 3.63) is 35.4 Å². The Hall–Kier alpha value is -0.900. The second-order valence-corrected chi connectivity index (χ2v) is 12.9. The zero-order chi connectivity index (χ0) is 22.8. The third kappa shape index (κ3) is 5.13. The van der Waals surface area contributed by atoms with E-state index in [4.69, 9.17) is 0 Å². The average Bonchev–Trinajstić information content (AvgIpc) is 2.90. The quantitative estimate of drug-likeness (QED) is 0.540. The second kappa shape index (κ2) is 10.6. The van der Waals surface area contributed by atoms with Crippen LogP contribution in [0.5, 0.6) is 0 Å². The van der Waals surface area contributed by atoms with Gasteiger partial charge in [0.15, 0.2) is 0 Å². The molecule has 1 aromatic carbocycles. The summed E-state index contributed by atoms with van der Waals surface area (Å²) in [6.07, 6.45) is 18.5. The van der Waals surface area contributed by atoms with E-state index in [1.54, 1.807) is 11.1 Å². The van der Waals surface area contributed by atoms with Crippen LogP contribution in [0.1, 0.15) is 94.1 Å². The van der Waals surface area contributed by atoms with Crippen LogP contribution in [-0.4, -0.2) is 38.8 Å². The maximum Gasteiger partial charge on any atom is 0.0127 e. The van der Waals surface area contributed by atoms with Gasteiger partial charge in [0.25, 0.3) is 0 Å². The molecule has 0 amide bonds. The minimum Gasteiger partial charge on any atom is -0.317 e. The number of rotatable bonds is 4. The van der Waals surface area contributed by atoms with E-state index in [0.29, 0.717) is 5.41 Å². The maximum absolute atomic E-state index is 4.05. The van der Waals surface area contributed by atoms with Gasteiger partial charge in [-0.3, -0.25) is 0 Å². The van der Waals surface area contributed by atoms with Gasteiger partial charge in [0, 0.05) is 6.04 Å². The van der Waals surface area contributed by atoms with E-state index < -0.39 is 0 Å². The maximum atomic E-state index is 4.05. The van der Waals surface area contributed by atoms with Crippen molar-refractivity contribution in [1.29, 1.82) is 0 Å². The molecule has 3 heterocycles. The van der Waals surface area contributed by atoms with Gasteiger partial charge in [0.2, 0.25) is 0 Å². The van der Waals surface area contributed by atoms with Crippen molar-refractivity contribution in [2.75, 3.05) is 32.7 Å². The summed E-state index contributed by atoms with van der Waals surface area (Å²) in [6, 6.07) is 10.8. The lowest BCUT2D eigenvalue weighted by atomic mass is 9.58. The molecule has 0 aromatic heterocycles. The third-order valence-corrected chi connectivity index (χ3v) is 11.0. The summed E-state index contributed by atoms with van der Waals surface area (Å²) >= 11 is 0. The molecule has 4 atom stereocenters. The summed E-state index contributed by atoms with van der Waals surface area (Å²) in [7, 11) is 0. The van der Waals surface area contributed by atoms with Crippen LogP contribution >= 0.6 is 0 Å². The van der Waals surface area contributed by atoms with Crippen molar-refractivity contribution < 1.29 is 0 Å². The fourth-order valence-electron chi connectivity index (χ4n) is 8.92. The molecule has 5 fully saturated rings. The average molecular weight is 464 g/mol. The molecule has 1 spiro atoms. The molecule has 188 valence electrons. The number of piperidine rings is 3. The van der Waals surface area contributed by atoms with E-state index in [9.17, 15) is 0 Å². The van der Waals surface area contributed by atoms with Crippen molar-refractivity contribution in [1.82, 2.24) is 16.0 Å². The Kier molecular flexibility index (Phi) is 7.33. The summed E-state index contributed by atoms with van der Waals surface area (Å²) in [5.74, 6) is 4.43. The van der Waals surface area contributed by atoms with Crippen molar-refractivity contribution in [2.45, 2.75) is 95.4 Å². The first-order valence-corrected chi connectivity index (χ1v) is 15.0. The van der Waals surface area contributed by atoms with Crippen molar-refractivity contribution in [2.24, 2.45) is 29.1 Å². The van der Waals surface area contributed by atoms with Crippen LogP contribution in [0.15, 0.2) is 24.3 Å². The molecular weight excluding hydrogens is 414 g/mol. The van der Waals surface area contributed by atoms with E-state index in [2.05, 4.69) is 40.2 Å². The van der Waals surface area contributed by atoms with Crippen LogP contribution in [0.2, 0.25) is 0 Å². The molecule has 4 unspecified atom stereocenters. The lowest BCUT2D eigenvalue weighted by molar-refractivity contribution is 0.0331. The largest absolute Gasteiger partial charge is 0.317 e. The molecule has 2 aliphatic carbocycles. The van der Waals surface area contributed by atoms with Gasteiger partial charge in [-0.25, -0.2) is 0 Å². The molecule has 2 saturated carbocycles. The number of hydrogen-bond donors (Lipinski definition) is 3. The van der Waals surface area contributed by atoms with E-state index in [1.807, 2.05) is 0 Å². The summed E-state index contributed by atoms with van der Waals surface area (Å²) in [5, 5.41) is 11.2. The normalized spacial score (nSPS) is 35.2. The minimum absolute atomic E-state index is 0.694. The summed E-state index contributed by atoms with van der Waals surface area (Å²) in [5.41, 5.74) is 3.91. The molecule has 0 bridgehead atoms. The zero-order valence-electron chi connectivity index (χ0n) is 21.5. The molecule has 3 N–H and O–H groups in total. The third-order valence-electron chi connectivity index (χ3n) is 11.0. The summed E-state index contributed by atoms with van der Waals surface area (Å²) in [6.45, 7) is 6.20. The van der Waals surface area contributed by atoms with Gasteiger partial charge < -0.3 is 16.0 Å². The Balaban J connectivity index is 1.13. The fourth-order valence-corrected chi connectivity index (χ4v) is 8.92. The van der Waals surface area contributed by atoms with E-state index >= 15 is 0 Å². The number of fused-ring (bicyclic) bond motifs is 1. The molecule has 0 radical (unpaired) electrons. The van der Waals surface area contributed by atoms with E-state index in [0.717, 1.165) is 35.6 Å². The highest BCUT2D eigenvalue weighted by Gasteiger charge is 2.45. The Labute approximate surface area is 208 Å². The number of nitrogens with one attached hydrogen (secondary N) is 3. The van der Waals surface area contributed by atoms with Gasteiger partial charge in [0.05, 0.1) is 0 Å². The van der Waals surface area contributed by atoms with Crippen molar-refractivity contribution in [3.8, 4) is 0 Å². The molecule has 3 nitrogen and oxygen atoms in total. The lowest BCUT2D eigenvalue weighted by Crippen LogP contribution is -2.52. The fraction of sp³-hybridized carbons (Fsp3) is 0.806. The second-order valence-electron chi connectivity index (χ2n) is 12.9. The predicted octanol–water partition coefficient (Wildman–Crippen LogP) is 5.65. The van der Waals surface area contributed by atoms with Crippen LogP contribution in [0.3, 0.4) is 0 Å². The Bertz CT molecular complexity index is 766. The highest BCUT2D eigenvalue weighted by Crippen LogP contribution is 2.52. The summed E-state index contributed by atoms with van der Waals surface area (Å²) in [4.78, 5) is 0. The van der Waals surface area contributed by atoms with E-state index in [1.165, 1.54) is 116 Å². The Morgan fingerprint density at radius 3 is 2.21 bits per heavy atom. The molecule has 5 aliphatic rings. The topological polar surface area (TPSA) is 36.1 Å². The SMILES string of the molecule is c1cc(C2CC3CCCNC3C(C3CCC4(CCNCC4)CC3)C2)ccc1CC1CCNCC1. The van der Waals surface area contributed by atoms with E-state index in [-0.39, 0.29) is 0 Å². The first kappa shape index (κ1) is 23.5. The smallest absolute Gasteiger partial charge is 0.0127 e. The first-order chi connectivity index (χ1) is 16.8. The van der Waals surface area contributed by atoms with Crippen LogP contribution < -0.4 is 16.0 Å². The van der Waals surface area contributed by atoms with Gasteiger partial charge in [-0.2, -0.15) is 0 Å². The molecule has 3 saturated heterocycles. The van der Waals surface area contributed by atoms with Crippen LogP contribution in [-0.2, 0) is 6.42 Å². The van der Waals surface area contributed by atoms with Gasteiger partial charge in [-0.15, -0.1) is 0 Å².